The molecule has 0 aliphatic rings. The quantitative estimate of drug-likeness (QED) is 0.765. The lowest BCUT2D eigenvalue weighted by atomic mass is 10.1. The van der Waals surface area contributed by atoms with Gasteiger partial charge in [-0.3, -0.25) is 4.79 Å². The average Bonchev–Trinajstić information content (AvgIpc) is 2.52. The van der Waals surface area contributed by atoms with E-state index in [1.165, 1.54) is 6.92 Å². The van der Waals surface area contributed by atoms with Crippen LogP contribution in [0.2, 0.25) is 0 Å². The third-order valence-electron chi connectivity index (χ3n) is 2.93. The van der Waals surface area contributed by atoms with Gasteiger partial charge in [-0.1, -0.05) is 6.07 Å². The molecule has 110 valence electrons. The number of ketones is 1. The van der Waals surface area contributed by atoms with Gasteiger partial charge < -0.3 is 14.2 Å². The van der Waals surface area contributed by atoms with Crippen LogP contribution in [0.1, 0.15) is 23.0 Å². The molecule has 0 radical (unpaired) electrons. The van der Waals surface area contributed by atoms with Gasteiger partial charge in [0.2, 0.25) is 5.88 Å². The largest absolute Gasteiger partial charge is 0.497 e. The average molecular weight is 287 g/mol. The maximum atomic E-state index is 11.6. The minimum Gasteiger partial charge on any atom is -0.497 e. The Hall–Kier alpha value is -2.56. The fraction of sp³-hybridized carbons (Fsp3) is 0.250. The molecule has 0 N–H and O–H groups in total. The number of nitrogens with zero attached hydrogens (tertiary/aromatic N) is 1. The number of carbonyl (C=O) groups excluding carboxylic acids is 1. The van der Waals surface area contributed by atoms with Crippen LogP contribution in [0.15, 0.2) is 36.4 Å². The SMILES string of the molecule is COc1ccc(C(C)=O)c(OCc2cccc(OC)n2)c1. The molecule has 0 amide bonds. The van der Waals surface area contributed by atoms with E-state index in [2.05, 4.69) is 4.98 Å². The molecule has 0 saturated heterocycles. The van der Waals surface area contributed by atoms with Crippen molar-refractivity contribution in [1.82, 2.24) is 4.98 Å². The zero-order valence-corrected chi connectivity index (χ0v) is 12.3. The monoisotopic (exact) mass is 287 g/mol. The summed E-state index contributed by atoms with van der Waals surface area (Å²) in [5, 5.41) is 0. The number of rotatable bonds is 6. The van der Waals surface area contributed by atoms with Crippen LogP contribution in [0.4, 0.5) is 0 Å². The second kappa shape index (κ2) is 6.74. The molecule has 2 rings (SSSR count). The maximum absolute atomic E-state index is 11.6. The van der Waals surface area contributed by atoms with Gasteiger partial charge in [-0.05, 0) is 25.1 Å². The number of benzene rings is 1. The number of hydrogen-bond acceptors (Lipinski definition) is 5. The third kappa shape index (κ3) is 3.72. The summed E-state index contributed by atoms with van der Waals surface area (Å²) in [5.41, 5.74) is 1.23. The Morgan fingerprint density at radius 1 is 1.14 bits per heavy atom. The molecular formula is C16H17NO4. The molecular weight excluding hydrogens is 270 g/mol. The molecule has 0 aliphatic heterocycles. The summed E-state index contributed by atoms with van der Waals surface area (Å²) < 4.78 is 15.9. The summed E-state index contributed by atoms with van der Waals surface area (Å²) in [7, 11) is 3.12. The molecule has 1 heterocycles. The van der Waals surface area contributed by atoms with Gasteiger partial charge in [0.15, 0.2) is 5.78 Å². The molecule has 0 atom stereocenters. The first kappa shape index (κ1) is 14.8. The van der Waals surface area contributed by atoms with E-state index >= 15 is 0 Å². The molecule has 0 spiro atoms. The highest BCUT2D eigenvalue weighted by Gasteiger charge is 2.10. The summed E-state index contributed by atoms with van der Waals surface area (Å²) in [4.78, 5) is 15.9. The van der Waals surface area contributed by atoms with Crippen molar-refractivity contribution in [3.05, 3.63) is 47.7 Å². The number of hydrogen-bond donors (Lipinski definition) is 0. The number of methoxy groups -OCH3 is 2. The smallest absolute Gasteiger partial charge is 0.213 e. The number of aromatic nitrogens is 1. The van der Waals surface area contributed by atoms with Crippen molar-refractivity contribution < 1.29 is 19.0 Å². The molecule has 5 nitrogen and oxygen atoms in total. The van der Waals surface area contributed by atoms with Crippen molar-refractivity contribution in [3.63, 3.8) is 0 Å². The first-order valence-corrected chi connectivity index (χ1v) is 6.45. The van der Waals surface area contributed by atoms with Crippen LogP contribution in [0.3, 0.4) is 0 Å². The lowest BCUT2D eigenvalue weighted by Gasteiger charge is -2.11. The van der Waals surface area contributed by atoms with E-state index in [-0.39, 0.29) is 12.4 Å². The van der Waals surface area contributed by atoms with Crippen molar-refractivity contribution in [2.75, 3.05) is 14.2 Å². The summed E-state index contributed by atoms with van der Waals surface area (Å²) in [5.74, 6) is 1.57. The van der Waals surface area contributed by atoms with Crippen LogP contribution in [0.5, 0.6) is 17.4 Å². The van der Waals surface area contributed by atoms with E-state index < -0.39 is 0 Å². The highest BCUT2D eigenvalue weighted by Crippen LogP contribution is 2.26. The van der Waals surface area contributed by atoms with Gasteiger partial charge >= 0.3 is 0 Å². The van der Waals surface area contributed by atoms with Crippen LogP contribution in [-0.4, -0.2) is 25.0 Å². The fourth-order valence-corrected chi connectivity index (χ4v) is 1.84. The Balaban J connectivity index is 2.19. The Bertz CT molecular complexity index is 640. The Kier molecular flexibility index (Phi) is 4.77. The van der Waals surface area contributed by atoms with Gasteiger partial charge in [0, 0.05) is 12.1 Å². The fourth-order valence-electron chi connectivity index (χ4n) is 1.84. The number of Topliss-reactive ketones (excluding diaryl/α,β-unsaturated/α-hetero) is 1. The maximum Gasteiger partial charge on any atom is 0.213 e. The first-order valence-electron chi connectivity index (χ1n) is 6.45. The normalized spacial score (nSPS) is 10.0. The summed E-state index contributed by atoms with van der Waals surface area (Å²) in [6.07, 6.45) is 0. The molecule has 0 unspecified atom stereocenters. The van der Waals surface area contributed by atoms with E-state index in [1.54, 1.807) is 38.5 Å². The molecule has 1 aromatic heterocycles. The lowest BCUT2D eigenvalue weighted by molar-refractivity contribution is 0.101. The molecule has 0 saturated carbocycles. The van der Waals surface area contributed by atoms with Gasteiger partial charge in [-0.15, -0.1) is 0 Å². The first-order chi connectivity index (χ1) is 10.1. The summed E-state index contributed by atoms with van der Waals surface area (Å²) in [6, 6.07) is 10.5. The van der Waals surface area contributed by atoms with E-state index in [9.17, 15) is 4.79 Å². The second-order valence-corrected chi connectivity index (χ2v) is 4.38. The number of carbonyl (C=O) groups is 1. The van der Waals surface area contributed by atoms with Crippen LogP contribution in [-0.2, 0) is 6.61 Å². The molecule has 5 heteroatoms. The van der Waals surface area contributed by atoms with E-state index in [0.717, 1.165) is 0 Å². The summed E-state index contributed by atoms with van der Waals surface area (Å²) in [6.45, 7) is 1.74. The molecule has 0 bridgehead atoms. The van der Waals surface area contributed by atoms with Gasteiger partial charge in [0.1, 0.15) is 18.1 Å². The molecule has 21 heavy (non-hydrogen) atoms. The van der Waals surface area contributed by atoms with Crippen LogP contribution < -0.4 is 14.2 Å². The molecule has 0 fully saturated rings. The van der Waals surface area contributed by atoms with Crippen LogP contribution >= 0.6 is 0 Å². The Morgan fingerprint density at radius 2 is 1.95 bits per heavy atom. The predicted molar refractivity (Wildman–Crippen MR) is 78.1 cm³/mol. The lowest BCUT2D eigenvalue weighted by Crippen LogP contribution is -2.04. The second-order valence-electron chi connectivity index (χ2n) is 4.38. The minimum absolute atomic E-state index is 0.0637. The standard InChI is InChI=1S/C16H17NO4/c1-11(18)14-8-7-13(19-2)9-15(14)21-10-12-5-4-6-16(17-12)20-3/h4-9H,10H2,1-3H3. The van der Waals surface area contributed by atoms with Gasteiger partial charge in [0.25, 0.3) is 0 Å². The van der Waals surface area contributed by atoms with Crippen molar-refractivity contribution in [1.29, 1.82) is 0 Å². The summed E-state index contributed by atoms with van der Waals surface area (Å²) >= 11 is 0. The van der Waals surface area contributed by atoms with E-state index in [1.807, 2.05) is 12.1 Å². The van der Waals surface area contributed by atoms with Crippen molar-refractivity contribution in [2.45, 2.75) is 13.5 Å². The predicted octanol–water partition coefficient (Wildman–Crippen LogP) is 2.88. The van der Waals surface area contributed by atoms with Gasteiger partial charge in [0.05, 0.1) is 25.5 Å². The van der Waals surface area contributed by atoms with Gasteiger partial charge in [-0.25, -0.2) is 4.98 Å². The molecule has 1 aromatic carbocycles. The zero-order valence-electron chi connectivity index (χ0n) is 12.3. The highest BCUT2D eigenvalue weighted by atomic mass is 16.5. The topological polar surface area (TPSA) is 57.7 Å². The van der Waals surface area contributed by atoms with Crippen molar-refractivity contribution in [3.8, 4) is 17.4 Å². The van der Waals surface area contributed by atoms with Crippen molar-refractivity contribution in [2.24, 2.45) is 0 Å². The zero-order chi connectivity index (χ0) is 15.2. The van der Waals surface area contributed by atoms with E-state index in [4.69, 9.17) is 14.2 Å². The molecule has 2 aromatic rings. The highest BCUT2D eigenvalue weighted by molar-refractivity contribution is 5.97. The van der Waals surface area contributed by atoms with Gasteiger partial charge in [-0.2, -0.15) is 0 Å². The number of ether oxygens (including phenoxy) is 3. The minimum atomic E-state index is -0.0637. The van der Waals surface area contributed by atoms with E-state index in [0.29, 0.717) is 28.6 Å². The number of pyridine rings is 1. The molecule has 0 aliphatic carbocycles. The Morgan fingerprint density at radius 3 is 2.62 bits per heavy atom. The third-order valence-corrected chi connectivity index (χ3v) is 2.93. The van der Waals surface area contributed by atoms with Crippen LogP contribution in [0, 0.1) is 0 Å². The Labute approximate surface area is 123 Å². The van der Waals surface area contributed by atoms with Crippen molar-refractivity contribution >= 4 is 5.78 Å². The van der Waals surface area contributed by atoms with Crippen LogP contribution in [0.25, 0.3) is 0 Å².